The summed E-state index contributed by atoms with van der Waals surface area (Å²) in [5.41, 5.74) is 0. The predicted octanol–water partition coefficient (Wildman–Crippen LogP) is 0.239. The molecule has 2 rings (SSSR count). The first-order valence-corrected chi connectivity index (χ1v) is 5.95. The first-order valence-electron chi connectivity index (χ1n) is 4.96. The molecule has 0 saturated carbocycles. The van der Waals surface area contributed by atoms with E-state index >= 15 is 0 Å². The average molecular weight is 250 g/mol. The fraction of sp³-hybridized carbons (Fsp3) is 0.200. The van der Waals surface area contributed by atoms with E-state index in [0.29, 0.717) is 17.5 Å². The number of amidine groups is 1. The maximum absolute atomic E-state index is 11.5. The summed E-state index contributed by atoms with van der Waals surface area (Å²) in [6, 6.07) is 5.05. The van der Waals surface area contributed by atoms with E-state index in [-0.39, 0.29) is 0 Å². The minimum absolute atomic E-state index is 0.341. The van der Waals surface area contributed by atoms with Gasteiger partial charge in [0.1, 0.15) is 5.82 Å². The van der Waals surface area contributed by atoms with Gasteiger partial charge >= 0.3 is 11.8 Å². The van der Waals surface area contributed by atoms with Crippen molar-refractivity contribution < 1.29 is 9.59 Å². The molecule has 1 aromatic heterocycles. The second kappa shape index (κ2) is 5.44. The van der Waals surface area contributed by atoms with E-state index in [0.717, 1.165) is 5.75 Å². The summed E-state index contributed by atoms with van der Waals surface area (Å²) < 4.78 is 0. The van der Waals surface area contributed by atoms with E-state index in [1.807, 2.05) is 0 Å². The summed E-state index contributed by atoms with van der Waals surface area (Å²) in [6.45, 7) is 0.669. The highest BCUT2D eigenvalue weighted by molar-refractivity contribution is 8.14. The number of aliphatic imine (C=N–C) groups is 1. The number of amides is 2. The molecule has 6 nitrogen and oxygen atoms in total. The quantitative estimate of drug-likeness (QED) is 0.699. The Bertz CT molecular complexity index is 461. The van der Waals surface area contributed by atoms with E-state index in [2.05, 4.69) is 20.6 Å². The molecule has 1 aliphatic heterocycles. The van der Waals surface area contributed by atoms with Crippen molar-refractivity contribution in [2.75, 3.05) is 17.6 Å². The minimum Gasteiger partial charge on any atom is -0.302 e. The molecule has 0 atom stereocenters. The van der Waals surface area contributed by atoms with Crippen LogP contribution in [0.3, 0.4) is 0 Å². The van der Waals surface area contributed by atoms with Crippen LogP contribution in [0.1, 0.15) is 0 Å². The summed E-state index contributed by atoms with van der Waals surface area (Å²) in [7, 11) is 0. The minimum atomic E-state index is -0.751. The number of nitrogens with one attached hydrogen (secondary N) is 2. The highest BCUT2D eigenvalue weighted by Gasteiger charge is 2.17. The van der Waals surface area contributed by atoms with E-state index in [9.17, 15) is 9.59 Å². The molecule has 2 amide bonds. The Morgan fingerprint density at radius 2 is 2.06 bits per heavy atom. The van der Waals surface area contributed by atoms with Crippen molar-refractivity contribution in [3.8, 4) is 0 Å². The lowest BCUT2D eigenvalue weighted by Gasteiger charge is -2.04. The molecule has 17 heavy (non-hydrogen) atoms. The molecule has 0 spiro atoms. The zero-order valence-corrected chi connectivity index (χ0v) is 9.66. The zero-order valence-electron chi connectivity index (χ0n) is 8.84. The van der Waals surface area contributed by atoms with Gasteiger partial charge in [-0.15, -0.1) is 0 Å². The lowest BCUT2D eigenvalue weighted by atomic mass is 10.4. The Labute approximate surface area is 102 Å². The zero-order chi connectivity index (χ0) is 12.1. The summed E-state index contributed by atoms with van der Waals surface area (Å²) in [5, 5.41) is 5.31. The first kappa shape index (κ1) is 11.6. The maximum atomic E-state index is 11.5. The van der Waals surface area contributed by atoms with E-state index < -0.39 is 11.8 Å². The van der Waals surface area contributed by atoms with Crippen LogP contribution in [0.2, 0.25) is 0 Å². The van der Waals surface area contributed by atoms with Crippen molar-refractivity contribution in [2.24, 2.45) is 4.99 Å². The van der Waals surface area contributed by atoms with Gasteiger partial charge in [-0.25, -0.2) is 4.98 Å². The van der Waals surface area contributed by atoms with Crippen LogP contribution in [0, 0.1) is 0 Å². The number of thioether (sulfide) groups is 1. The van der Waals surface area contributed by atoms with Gasteiger partial charge in [-0.05, 0) is 12.1 Å². The van der Waals surface area contributed by atoms with Crippen molar-refractivity contribution in [1.82, 2.24) is 10.3 Å². The number of hydrogen-bond donors (Lipinski definition) is 2. The number of rotatable bonds is 1. The van der Waals surface area contributed by atoms with Gasteiger partial charge in [-0.2, -0.15) is 0 Å². The molecule has 0 saturated heterocycles. The molecular formula is C10H10N4O2S. The second-order valence-electron chi connectivity index (χ2n) is 3.16. The lowest BCUT2D eigenvalue weighted by molar-refractivity contribution is -0.135. The summed E-state index contributed by atoms with van der Waals surface area (Å²) in [6.07, 6.45) is 1.53. The van der Waals surface area contributed by atoms with Gasteiger partial charge in [0.25, 0.3) is 0 Å². The van der Waals surface area contributed by atoms with Crippen molar-refractivity contribution in [1.29, 1.82) is 0 Å². The number of hydrogen-bond acceptors (Lipinski definition) is 5. The summed E-state index contributed by atoms with van der Waals surface area (Å²) >= 11 is 1.42. The van der Waals surface area contributed by atoms with Gasteiger partial charge in [0.05, 0.1) is 6.54 Å². The maximum Gasteiger partial charge on any atom is 0.315 e. The molecule has 2 N–H and O–H groups in total. The SMILES string of the molecule is O=C(NC1=NCCS1)C(=O)Nc1ccccn1. The second-order valence-corrected chi connectivity index (χ2v) is 4.24. The van der Waals surface area contributed by atoms with E-state index in [1.54, 1.807) is 18.2 Å². The highest BCUT2D eigenvalue weighted by Crippen LogP contribution is 2.08. The molecule has 0 aromatic carbocycles. The van der Waals surface area contributed by atoms with Crippen LogP contribution in [0.25, 0.3) is 0 Å². The average Bonchev–Trinajstić information content (AvgIpc) is 2.83. The molecule has 1 aromatic rings. The van der Waals surface area contributed by atoms with Gasteiger partial charge in [-0.1, -0.05) is 17.8 Å². The Morgan fingerprint density at radius 3 is 2.71 bits per heavy atom. The largest absolute Gasteiger partial charge is 0.315 e. The van der Waals surface area contributed by atoms with Gasteiger partial charge in [0.2, 0.25) is 0 Å². The Hall–Kier alpha value is -1.89. The molecule has 0 radical (unpaired) electrons. The lowest BCUT2D eigenvalue weighted by Crippen LogP contribution is -2.37. The Balaban J connectivity index is 1.89. The van der Waals surface area contributed by atoms with Crippen LogP contribution in [-0.2, 0) is 9.59 Å². The molecule has 88 valence electrons. The predicted molar refractivity (Wildman–Crippen MR) is 65.8 cm³/mol. The molecule has 0 unspecified atom stereocenters. The standard InChI is InChI=1S/C10H10N4O2S/c15-8(13-7-3-1-2-4-11-7)9(16)14-10-12-5-6-17-10/h1-4H,5-6H2,(H,11,13,15)(H,12,14,16). The molecule has 0 fully saturated rings. The van der Waals surface area contributed by atoms with Crippen LogP contribution < -0.4 is 10.6 Å². The number of pyridine rings is 1. The normalized spacial score (nSPS) is 14.0. The van der Waals surface area contributed by atoms with Gasteiger partial charge in [0, 0.05) is 11.9 Å². The van der Waals surface area contributed by atoms with Gasteiger partial charge < -0.3 is 5.32 Å². The van der Waals surface area contributed by atoms with E-state index in [1.165, 1.54) is 18.0 Å². The van der Waals surface area contributed by atoms with E-state index in [4.69, 9.17) is 0 Å². The summed E-state index contributed by atoms with van der Waals surface area (Å²) in [4.78, 5) is 30.8. The molecule has 7 heteroatoms. The molecule has 1 aliphatic rings. The third kappa shape index (κ3) is 3.28. The molecular weight excluding hydrogens is 240 g/mol. The number of nitrogens with zero attached hydrogens (tertiary/aromatic N) is 2. The molecule has 0 aliphatic carbocycles. The fourth-order valence-electron chi connectivity index (χ4n) is 1.17. The Kier molecular flexibility index (Phi) is 3.71. The first-order chi connectivity index (χ1) is 8.25. The third-order valence-corrected chi connectivity index (χ3v) is 2.81. The Morgan fingerprint density at radius 1 is 1.24 bits per heavy atom. The van der Waals surface area contributed by atoms with Crippen molar-refractivity contribution >= 4 is 34.6 Å². The summed E-state index contributed by atoms with van der Waals surface area (Å²) in [5.74, 6) is -0.311. The smallest absolute Gasteiger partial charge is 0.302 e. The highest BCUT2D eigenvalue weighted by atomic mass is 32.2. The molecule has 2 heterocycles. The van der Waals surface area contributed by atoms with Crippen molar-refractivity contribution in [3.63, 3.8) is 0 Å². The monoisotopic (exact) mass is 250 g/mol. The van der Waals surface area contributed by atoms with Crippen LogP contribution >= 0.6 is 11.8 Å². The third-order valence-electron chi connectivity index (χ3n) is 1.92. The topological polar surface area (TPSA) is 83.5 Å². The fourth-order valence-corrected chi connectivity index (χ4v) is 1.90. The van der Waals surface area contributed by atoms with Crippen molar-refractivity contribution in [3.05, 3.63) is 24.4 Å². The molecule has 0 bridgehead atoms. The van der Waals surface area contributed by atoms with Crippen molar-refractivity contribution in [2.45, 2.75) is 0 Å². The number of carbonyl (C=O) groups is 2. The number of anilines is 1. The van der Waals surface area contributed by atoms with Crippen LogP contribution in [-0.4, -0.2) is 34.3 Å². The number of carbonyl (C=O) groups excluding carboxylic acids is 2. The van der Waals surface area contributed by atoms with Crippen LogP contribution in [0.15, 0.2) is 29.4 Å². The van der Waals surface area contributed by atoms with Crippen LogP contribution in [0.4, 0.5) is 5.82 Å². The van der Waals surface area contributed by atoms with Gasteiger partial charge in [0.15, 0.2) is 5.17 Å². The number of aromatic nitrogens is 1. The van der Waals surface area contributed by atoms with Crippen LogP contribution in [0.5, 0.6) is 0 Å². The van der Waals surface area contributed by atoms with Gasteiger partial charge in [-0.3, -0.25) is 19.9 Å².